The highest BCUT2D eigenvalue weighted by Gasteiger charge is 2.21. The van der Waals surface area contributed by atoms with Crippen molar-refractivity contribution in [2.75, 3.05) is 33.2 Å². The summed E-state index contributed by atoms with van der Waals surface area (Å²) in [4.78, 5) is 13.0. The number of rotatable bonds is 4. The first kappa shape index (κ1) is 21.8. The molecular weight excluding hydrogens is 484 g/mol. The molecule has 1 aliphatic rings. The summed E-state index contributed by atoms with van der Waals surface area (Å²) in [6.45, 7) is 4.33. The van der Waals surface area contributed by atoms with Gasteiger partial charge in [-0.05, 0) is 12.1 Å². The Morgan fingerprint density at radius 3 is 2.63 bits per heavy atom. The number of benzene rings is 1. The van der Waals surface area contributed by atoms with Crippen LogP contribution in [-0.2, 0) is 20.1 Å². The van der Waals surface area contributed by atoms with Gasteiger partial charge in [0.15, 0.2) is 5.96 Å². The molecule has 0 saturated carbocycles. The van der Waals surface area contributed by atoms with Crippen molar-refractivity contribution >= 4 is 41.5 Å². The summed E-state index contributed by atoms with van der Waals surface area (Å²) in [7, 11) is 3.63. The standard InChI is InChI=1S/C17H23ClFN7.HI/c1-20-17(21-10-16-22-12-23-24(16)2)26-8-6-25(7-9-26)11-13-14(18)4-3-5-15(13)19;/h3-5,12H,6-11H2,1-2H3,(H,20,21);1H. The monoisotopic (exact) mass is 507 g/mol. The summed E-state index contributed by atoms with van der Waals surface area (Å²) in [5.74, 6) is 1.43. The van der Waals surface area contributed by atoms with Gasteiger partial charge in [-0.1, -0.05) is 17.7 Å². The van der Waals surface area contributed by atoms with Crippen molar-refractivity contribution in [3.63, 3.8) is 0 Å². The molecule has 1 saturated heterocycles. The van der Waals surface area contributed by atoms with Crippen molar-refractivity contribution in [3.8, 4) is 0 Å². The Balaban J connectivity index is 0.00000261. The second-order valence-corrected chi connectivity index (χ2v) is 6.57. The smallest absolute Gasteiger partial charge is 0.194 e. The number of guanidine groups is 1. The minimum atomic E-state index is -0.249. The van der Waals surface area contributed by atoms with E-state index in [0.717, 1.165) is 38.0 Å². The maximum atomic E-state index is 14.0. The summed E-state index contributed by atoms with van der Waals surface area (Å²) in [5, 5.41) is 7.86. The highest BCUT2D eigenvalue weighted by atomic mass is 127. The lowest BCUT2D eigenvalue weighted by atomic mass is 10.2. The molecule has 1 N–H and O–H groups in total. The Morgan fingerprint density at radius 2 is 2.04 bits per heavy atom. The highest BCUT2D eigenvalue weighted by Crippen LogP contribution is 2.21. The number of nitrogens with one attached hydrogen (secondary N) is 1. The molecule has 2 heterocycles. The van der Waals surface area contributed by atoms with Crippen LogP contribution in [0.3, 0.4) is 0 Å². The van der Waals surface area contributed by atoms with Crippen LogP contribution in [0.15, 0.2) is 29.5 Å². The molecule has 1 aromatic heterocycles. The van der Waals surface area contributed by atoms with Gasteiger partial charge in [0.05, 0.1) is 6.54 Å². The average molecular weight is 508 g/mol. The molecule has 0 unspecified atom stereocenters. The van der Waals surface area contributed by atoms with Crippen molar-refractivity contribution in [3.05, 3.63) is 46.8 Å². The topological polar surface area (TPSA) is 61.6 Å². The van der Waals surface area contributed by atoms with E-state index in [9.17, 15) is 4.39 Å². The number of nitrogens with zero attached hydrogens (tertiary/aromatic N) is 6. The minimum absolute atomic E-state index is 0. The van der Waals surface area contributed by atoms with E-state index in [1.54, 1.807) is 23.9 Å². The van der Waals surface area contributed by atoms with E-state index in [1.165, 1.54) is 12.4 Å². The van der Waals surface area contributed by atoms with Crippen molar-refractivity contribution in [2.24, 2.45) is 12.0 Å². The molecule has 7 nitrogen and oxygen atoms in total. The maximum absolute atomic E-state index is 14.0. The molecule has 1 fully saturated rings. The molecule has 3 rings (SSSR count). The fourth-order valence-corrected chi connectivity index (χ4v) is 3.22. The second kappa shape index (κ2) is 10.2. The summed E-state index contributed by atoms with van der Waals surface area (Å²) in [5.41, 5.74) is 0.562. The zero-order valence-corrected chi connectivity index (χ0v) is 18.5. The molecule has 0 radical (unpaired) electrons. The first-order valence-corrected chi connectivity index (χ1v) is 8.90. The van der Waals surface area contributed by atoms with Crippen LogP contribution in [0.2, 0.25) is 5.02 Å². The quantitative estimate of drug-likeness (QED) is 0.390. The fraction of sp³-hybridized carbons (Fsp3) is 0.471. The van der Waals surface area contributed by atoms with Crippen LogP contribution in [0.1, 0.15) is 11.4 Å². The van der Waals surface area contributed by atoms with Crippen molar-refractivity contribution in [1.29, 1.82) is 0 Å². The van der Waals surface area contributed by atoms with E-state index in [0.29, 0.717) is 23.7 Å². The molecule has 0 spiro atoms. The predicted octanol–water partition coefficient (Wildman–Crippen LogP) is 2.12. The van der Waals surface area contributed by atoms with Gasteiger partial charge in [0.1, 0.15) is 18.0 Å². The number of aryl methyl sites for hydroxylation is 1. The van der Waals surface area contributed by atoms with Gasteiger partial charge in [0.2, 0.25) is 0 Å². The van der Waals surface area contributed by atoms with Crippen molar-refractivity contribution in [1.82, 2.24) is 29.9 Å². The van der Waals surface area contributed by atoms with Crippen molar-refractivity contribution < 1.29 is 4.39 Å². The SMILES string of the molecule is CN=C(NCc1ncnn1C)N1CCN(Cc2c(F)cccc2Cl)CC1.I. The molecule has 0 atom stereocenters. The van der Waals surface area contributed by atoms with Gasteiger partial charge < -0.3 is 10.2 Å². The van der Waals surface area contributed by atoms with Gasteiger partial charge in [-0.3, -0.25) is 14.6 Å². The molecule has 1 aliphatic heterocycles. The molecule has 148 valence electrons. The molecular formula is C17H24ClFIN7. The number of hydrogen-bond acceptors (Lipinski definition) is 4. The Kier molecular flexibility index (Phi) is 8.24. The number of halogens is 3. The van der Waals surface area contributed by atoms with Gasteiger partial charge in [0, 0.05) is 57.4 Å². The fourth-order valence-electron chi connectivity index (χ4n) is 3.00. The Bertz CT molecular complexity index is 754. The van der Waals surface area contributed by atoms with Gasteiger partial charge in [0.25, 0.3) is 0 Å². The van der Waals surface area contributed by atoms with E-state index in [1.807, 2.05) is 7.05 Å². The molecule has 0 aliphatic carbocycles. The van der Waals surface area contributed by atoms with E-state index in [4.69, 9.17) is 11.6 Å². The van der Waals surface area contributed by atoms with E-state index >= 15 is 0 Å². The molecule has 2 aromatic rings. The van der Waals surface area contributed by atoms with Crippen molar-refractivity contribution in [2.45, 2.75) is 13.1 Å². The first-order valence-electron chi connectivity index (χ1n) is 8.52. The molecule has 10 heteroatoms. The first-order chi connectivity index (χ1) is 12.6. The second-order valence-electron chi connectivity index (χ2n) is 6.16. The van der Waals surface area contributed by atoms with Crippen LogP contribution in [0.4, 0.5) is 4.39 Å². The Labute approximate surface area is 180 Å². The molecule has 0 bridgehead atoms. The van der Waals surface area contributed by atoms with Crippen LogP contribution in [0.5, 0.6) is 0 Å². The van der Waals surface area contributed by atoms with Crippen LogP contribution in [0, 0.1) is 5.82 Å². The predicted molar refractivity (Wildman–Crippen MR) is 115 cm³/mol. The summed E-state index contributed by atoms with van der Waals surface area (Å²) < 4.78 is 15.7. The maximum Gasteiger partial charge on any atom is 0.194 e. The number of aliphatic imine (C=N–C) groups is 1. The third-order valence-corrected chi connectivity index (χ3v) is 4.89. The average Bonchev–Trinajstić information content (AvgIpc) is 3.05. The van der Waals surface area contributed by atoms with E-state index in [-0.39, 0.29) is 29.8 Å². The van der Waals surface area contributed by atoms with E-state index < -0.39 is 0 Å². The third-order valence-electron chi connectivity index (χ3n) is 4.54. The lowest BCUT2D eigenvalue weighted by molar-refractivity contribution is 0.171. The molecule has 0 amide bonds. The normalized spacial score (nSPS) is 15.6. The number of piperazine rings is 1. The lowest BCUT2D eigenvalue weighted by Crippen LogP contribution is -2.52. The zero-order valence-electron chi connectivity index (χ0n) is 15.4. The van der Waals surface area contributed by atoms with Gasteiger partial charge in [-0.2, -0.15) is 5.10 Å². The van der Waals surface area contributed by atoms with Gasteiger partial charge in [-0.25, -0.2) is 9.37 Å². The Hall–Kier alpha value is -1.46. The van der Waals surface area contributed by atoms with Gasteiger partial charge >= 0.3 is 0 Å². The van der Waals surface area contributed by atoms with E-state index in [2.05, 4.69) is 30.2 Å². The van der Waals surface area contributed by atoms with Gasteiger partial charge in [-0.15, -0.1) is 24.0 Å². The lowest BCUT2D eigenvalue weighted by Gasteiger charge is -2.36. The molecule has 27 heavy (non-hydrogen) atoms. The largest absolute Gasteiger partial charge is 0.349 e. The zero-order chi connectivity index (χ0) is 18.5. The summed E-state index contributed by atoms with van der Waals surface area (Å²) >= 11 is 6.13. The summed E-state index contributed by atoms with van der Waals surface area (Å²) in [6.07, 6.45) is 1.53. The van der Waals surface area contributed by atoms with Crippen LogP contribution >= 0.6 is 35.6 Å². The van der Waals surface area contributed by atoms with Crippen LogP contribution in [-0.4, -0.2) is 63.8 Å². The number of aromatic nitrogens is 3. The highest BCUT2D eigenvalue weighted by molar-refractivity contribution is 14.0. The van der Waals surface area contributed by atoms with Crippen LogP contribution in [0.25, 0.3) is 0 Å². The number of hydrogen-bond donors (Lipinski definition) is 1. The molecule has 1 aromatic carbocycles. The Morgan fingerprint density at radius 1 is 1.30 bits per heavy atom. The summed E-state index contributed by atoms with van der Waals surface area (Å²) in [6, 6.07) is 4.82. The van der Waals surface area contributed by atoms with Crippen LogP contribution < -0.4 is 5.32 Å². The minimum Gasteiger partial charge on any atom is -0.349 e. The third kappa shape index (κ3) is 5.52.